The molecular weight excluding hydrogens is 396 g/mol. The molecule has 2 aliphatic rings. The maximum atomic E-state index is 13.0. The van der Waals surface area contributed by atoms with Gasteiger partial charge in [-0.3, -0.25) is 4.79 Å². The Morgan fingerprint density at radius 3 is 1.74 bits per heavy atom. The van der Waals surface area contributed by atoms with Crippen molar-refractivity contribution in [3.05, 3.63) is 11.3 Å². The molecule has 3 atom stereocenters. The highest BCUT2D eigenvalue weighted by Gasteiger charge is 2.65. The first-order valence-electron chi connectivity index (χ1n) is 13.6. The third-order valence-electron chi connectivity index (χ3n) is 8.77. The molecule has 0 saturated carbocycles. The molecule has 180 valence electrons. The molecule has 0 aromatic carbocycles. The van der Waals surface area contributed by atoms with Gasteiger partial charge in [0.25, 0.3) is 0 Å². The quantitative estimate of drug-likeness (QED) is 0.142. The van der Waals surface area contributed by atoms with Gasteiger partial charge in [0.1, 0.15) is 6.10 Å². The maximum Gasteiger partial charge on any atom is 0.314 e. The van der Waals surface area contributed by atoms with E-state index in [1.807, 2.05) is 0 Å². The summed E-state index contributed by atoms with van der Waals surface area (Å²) in [4.78, 5) is 13.0. The van der Waals surface area contributed by atoms with Gasteiger partial charge in [0.05, 0.1) is 14.0 Å². The lowest BCUT2D eigenvalue weighted by Gasteiger charge is -2.54. The number of rotatable bonds is 15. The fraction of sp³-hybridized carbons (Fsp3) is 0.893. The number of esters is 1. The minimum atomic E-state index is -1.75. The molecule has 0 amide bonds. The van der Waals surface area contributed by atoms with Gasteiger partial charge in [-0.25, -0.2) is 0 Å². The second kappa shape index (κ2) is 11.5. The number of hydrogen-bond donors (Lipinski definition) is 0. The summed E-state index contributed by atoms with van der Waals surface area (Å²) >= 11 is 0. The van der Waals surface area contributed by atoms with E-state index in [1.165, 1.54) is 69.4 Å². The number of cyclic esters (lactones) is 1. The molecule has 3 heteroatoms. The average molecular weight is 449 g/mol. The predicted octanol–water partition coefficient (Wildman–Crippen LogP) is 9.00. The number of fused-ring (bicyclic) bond motifs is 1. The number of ether oxygens (including phenoxy) is 1. The normalized spacial score (nSPS) is 25.8. The molecule has 1 saturated heterocycles. The third-order valence-corrected chi connectivity index (χ3v) is 15.9. The van der Waals surface area contributed by atoms with Gasteiger partial charge in [-0.15, -0.1) is 0 Å². The van der Waals surface area contributed by atoms with E-state index in [0.29, 0.717) is 16.6 Å². The third kappa shape index (κ3) is 5.33. The molecule has 0 aromatic heterocycles. The largest absolute Gasteiger partial charge is 0.461 e. The number of carbonyl (C=O) groups excluding carboxylic acids is 1. The Kier molecular flexibility index (Phi) is 9.92. The van der Waals surface area contributed by atoms with Crippen LogP contribution in [0, 0.1) is 11.3 Å². The minimum Gasteiger partial charge on any atom is -0.461 e. The number of carbonyl (C=O) groups is 1. The van der Waals surface area contributed by atoms with Gasteiger partial charge in [0, 0.05) is 5.41 Å². The minimum absolute atomic E-state index is 0.0412. The van der Waals surface area contributed by atoms with Gasteiger partial charge >= 0.3 is 5.97 Å². The van der Waals surface area contributed by atoms with Gasteiger partial charge in [0.2, 0.25) is 0 Å². The van der Waals surface area contributed by atoms with Crippen LogP contribution in [0.2, 0.25) is 16.6 Å². The van der Waals surface area contributed by atoms with Gasteiger partial charge in [-0.1, -0.05) is 124 Å². The SMILES string of the molecule is CCCCCCCCCCCC[C@H]1OC(=O)[C@H]2C([Si](C(C)C)(C(C)C)C(C)C)=C[C@]21C. The van der Waals surface area contributed by atoms with Crippen LogP contribution in [0.25, 0.3) is 0 Å². The lowest BCUT2D eigenvalue weighted by atomic mass is 9.65. The maximum absolute atomic E-state index is 13.0. The van der Waals surface area contributed by atoms with E-state index in [-0.39, 0.29) is 23.4 Å². The van der Waals surface area contributed by atoms with Gasteiger partial charge in [-0.05, 0) is 29.5 Å². The lowest BCUT2D eigenvalue weighted by Crippen LogP contribution is -2.56. The molecule has 0 radical (unpaired) electrons. The number of hydrogen-bond acceptors (Lipinski definition) is 2. The summed E-state index contributed by atoms with van der Waals surface area (Å²) in [6.07, 6.45) is 17.2. The molecule has 0 unspecified atom stereocenters. The summed E-state index contributed by atoms with van der Waals surface area (Å²) in [6.45, 7) is 18.9. The zero-order valence-corrected chi connectivity index (χ0v) is 23.1. The van der Waals surface area contributed by atoms with Crippen LogP contribution >= 0.6 is 0 Å². The van der Waals surface area contributed by atoms with Crippen molar-refractivity contribution in [2.75, 3.05) is 0 Å². The summed E-state index contributed by atoms with van der Waals surface area (Å²) in [7, 11) is -1.75. The topological polar surface area (TPSA) is 26.3 Å². The monoisotopic (exact) mass is 448 g/mol. The van der Waals surface area contributed by atoms with E-state index in [4.69, 9.17) is 4.74 Å². The molecule has 0 N–H and O–H groups in total. The summed E-state index contributed by atoms with van der Waals surface area (Å²) in [5, 5.41) is 1.52. The molecular formula is C28H52O2Si. The molecule has 2 nitrogen and oxygen atoms in total. The van der Waals surface area contributed by atoms with Crippen LogP contribution in [-0.4, -0.2) is 20.1 Å². The summed E-state index contributed by atoms with van der Waals surface area (Å²) in [5.41, 5.74) is 1.90. The van der Waals surface area contributed by atoms with Gasteiger partial charge < -0.3 is 4.74 Å². The van der Waals surface area contributed by atoms with Crippen molar-refractivity contribution in [3.8, 4) is 0 Å². The molecule has 1 aliphatic heterocycles. The molecule has 31 heavy (non-hydrogen) atoms. The van der Waals surface area contributed by atoms with Gasteiger partial charge in [-0.2, -0.15) is 0 Å². The summed E-state index contributed by atoms with van der Waals surface area (Å²) in [5.74, 6) is 0.121. The van der Waals surface area contributed by atoms with Gasteiger partial charge in [0.15, 0.2) is 0 Å². The highest BCUT2D eigenvalue weighted by molar-refractivity contribution is 6.90. The van der Waals surface area contributed by atoms with Crippen molar-refractivity contribution >= 4 is 14.0 Å². The Balaban J connectivity index is 1.89. The molecule has 2 rings (SSSR count). The Morgan fingerprint density at radius 2 is 1.29 bits per heavy atom. The molecule has 1 fully saturated rings. The highest BCUT2D eigenvalue weighted by atomic mass is 28.3. The Labute approximate surface area is 195 Å². The van der Waals surface area contributed by atoms with Crippen LogP contribution in [0.3, 0.4) is 0 Å². The lowest BCUT2D eigenvalue weighted by molar-refractivity contribution is -0.143. The van der Waals surface area contributed by atoms with E-state index >= 15 is 0 Å². The smallest absolute Gasteiger partial charge is 0.314 e. The van der Waals surface area contributed by atoms with Crippen LogP contribution in [0.1, 0.15) is 126 Å². The Hall–Kier alpha value is -0.573. The molecule has 1 aliphatic carbocycles. The standard InChI is InChI=1S/C28H52O2Si/c1-9-10-11-12-13-14-15-16-17-18-19-25-28(8)20-24(26(28)27(29)30-25)31(21(2)3,22(4)5)23(6)7/h20-23,25-26H,9-19H2,1-8H3/t25-,26-,28+/m1/s1. The van der Waals surface area contributed by atoms with Crippen molar-refractivity contribution in [1.29, 1.82) is 0 Å². The van der Waals surface area contributed by atoms with Crippen molar-refractivity contribution in [3.63, 3.8) is 0 Å². The highest BCUT2D eigenvalue weighted by Crippen LogP contribution is 2.62. The van der Waals surface area contributed by atoms with Crippen molar-refractivity contribution in [1.82, 2.24) is 0 Å². The van der Waals surface area contributed by atoms with Crippen LogP contribution < -0.4 is 0 Å². The van der Waals surface area contributed by atoms with Crippen molar-refractivity contribution in [2.45, 2.75) is 149 Å². The van der Waals surface area contributed by atoms with Crippen molar-refractivity contribution in [2.24, 2.45) is 11.3 Å². The van der Waals surface area contributed by atoms with Crippen LogP contribution in [-0.2, 0) is 9.53 Å². The first-order chi connectivity index (χ1) is 14.6. The summed E-state index contributed by atoms with van der Waals surface area (Å²) < 4.78 is 6.03. The van der Waals surface area contributed by atoms with E-state index in [1.54, 1.807) is 0 Å². The fourth-order valence-electron chi connectivity index (χ4n) is 7.30. The fourth-order valence-corrected chi connectivity index (χ4v) is 14.8. The Bertz CT molecular complexity index is 584. The Morgan fingerprint density at radius 1 is 0.839 bits per heavy atom. The first-order valence-corrected chi connectivity index (χ1v) is 15.8. The van der Waals surface area contributed by atoms with E-state index < -0.39 is 8.07 Å². The predicted molar refractivity (Wildman–Crippen MR) is 137 cm³/mol. The van der Waals surface area contributed by atoms with Crippen LogP contribution in [0.4, 0.5) is 0 Å². The number of unbranched alkanes of at least 4 members (excludes halogenated alkanes) is 9. The van der Waals surface area contributed by atoms with E-state index in [2.05, 4.69) is 61.5 Å². The van der Waals surface area contributed by atoms with Crippen molar-refractivity contribution < 1.29 is 9.53 Å². The second-order valence-electron chi connectivity index (χ2n) is 11.7. The summed E-state index contributed by atoms with van der Waals surface area (Å²) in [6, 6.07) is 0. The zero-order chi connectivity index (χ0) is 23.2. The van der Waals surface area contributed by atoms with Crippen LogP contribution in [0.5, 0.6) is 0 Å². The molecule has 0 aromatic rings. The molecule has 0 bridgehead atoms. The van der Waals surface area contributed by atoms with E-state index in [9.17, 15) is 4.79 Å². The zero-order valence-electron chi connectivity index (χ0n) is 22.1. The molecule has 0 spiro atoms. The van der Waals surface area contributed by atoms with E-state index in [0.717, 1.165) is 6.42 Å². The van der Waals surface area contributed by atoms with Crippen LogP contribution in [0.15, 0.2) is 11.3 Å². The average Bonchev–Trinajstić information content (AvgIpc) is 2.85. The first kappa shape index (κ1) is 26.7. The second-order valence-corrected chi connectivity index (χ2v) is 17.6. The molecule has 1 heterocycles.